The van der Waals surface area contributed by atoms with Crippen LogP contribution in [0.15, 0.2) is 58.2 Å². The Labute approximate surface area is 183 Å². The van der Waals surface area contributed by atoms with Gasteiger partial charge in [0.05, 0.1) is 0 Å². The number of rotatable bonds is 6. The van der Waals surface area contributed by atoms with Crippen molar-refractivity contribution in [3.8, 4) is 5.75 Å². The lowest BCUT2D eigenvalue weighted by atomic mass is 10.2. The number of fused-ring (bicyclic) bond motifs is 1. The minimum atomic E-state index is -0.557. The zero-order valence-corrected chi connectivity index (χ0v) is 18.0. The van der Waals surface area contributed by atoms with Crippen LogP contribution in [0.2, 0.25) is 5.02 Å². The molecule has 0 bridgehead atoms. The Bertz CT molecular complexity index is 1060. The highest BCUT2D eigenvalue weighted by Crippen LogP contribution is 2.32. The third-order valence-corrected chi connectivity index (χ3v) is 5.94. The van der Waals surface area contributed by atoms with E-state index in [1.54, 1.807) is 24.3 Å². The van der Waals surface area contributed by atoms with Crippen molar-refractivity contribution in [1.82, 2.24) is 14.8 Å². The maximum atomic E-state index is 12.6. The molecule has 2 aromatic carbocycles. The largest absolute Gasteiger partial charge is 0.486 e. The quantitative estimate of drug-likeness (QED) is 0.547. The van der Waals surface area contributed by atoms with Gasteiger partial charge in [-0.15, -0.1) is 5.10 Å². The van der Waals surface area contributed by atoms with E-state index in [1.807, 2.05) is 24.3 Å². The molecule has 10 heteroatoms. The van der Waals surface area contributed by atoms with E-state index < -0.39 is 5.25 Å². The number of amides is 1. The summed E-state index contributed by atoms with van der Waals surface area (Å²) in [6, 6.07) is 14.2. The van der Waals surface area contributed by atoms with Gasteiger partial charge in [-0.05, 0) is 48.5 Å². The number of carbonyl (C=O) groups excluding carboxylic acids is 2. The fraction of sp³-hybridized carbons (Fsp3) is 0.158. The number of anilines is 1. The molecule has 0 aliphatic carbocycles. The van der Waals surface area contributed by atoms with Crippen LogP contribution in [0.25, 0.3) is 0 Å². The zero-order chi connectivity index (χ0) is 20.4. The van der Waals surface area contributed by atoms with Crippen LogP contribution in [0.3, 0.4) is 0 Å². The summed E-state index contributed by atoms with van der Waals surface area (Å²) in [4.78, 5) is 29.1. The van der Waals surface area contributed by atoms with Crippen molar-refractivity contribution >= 4 is 56.8 Å². The molecule has 7 nitrogen and oxygen atoms in total. The summed E-state index contributed by atoms with van der Waals surface area (Å²) in [5.41, 5.74) is 0.623. The number of hydrogen-bond donors (Lipinski definition) is 1. The van der Waals surface area contributed by atoms with Crippen molar-refractivity contribution in [3.63, 3.8) is 0 Å². The number of halogens is 2. The van der Waals surface area contributed by atoms with Crippen LogP contribution in [-0.4, -0.2) is 31.8 Å². The number of aromatic nitrogens is 3. The topological polar surface area (TPSA) is 86.1 Å². The summed E-state index contributed by atoms with van der Waals surface area (Å²) in [6.45, 7) is 0.150. The van der Waals surface area contributed by atoms with Crippen LogP contribution < -0.4 is 10.1 Å². The molecule has 2 heterocycles. The number of nitrogens with one attached hydrogen (secondary N) is 1. The fourth-order valence-electron chi connectivity index (χ4n) is 2.65. The van der Waals surface area contributed by atoms with Crippen LogP contribution >= 0.6 is 39.3 Å². The molecular formula is C19H14BrClN4O3S. The second-order valence-corrected chi connectivity index (χ2v) is 8.69. The summed E-state index contributed by atoms with van der Waals surface area (Å²) in [5.74, 6) is 0.563. The number of hydrogen-bond acceptors (Lipinski definition) is 6. The van der Waals surface area contributed by atoms with Crippen LogP contribution in [0.1, 0.15) is 17.0 Å². The van der Waals surface area contributed by atoms with Gasteiger partial charge in [0.15, 0.2) is 11.0 Å². The highest BCUT2D eigenvalue weighted by atomic mass is 79.9. The van der Waals surface area contributed by atoms with Gasteiger partial charge in [0, 0.05) is 21.6 Å². The van der Waals surface area contributed by atoms with E-state index in [0.717, 1.165) is 4.47 Å². The van der Waals surface area contributed by atoms with Gasteiger partial charge in [0.25, 0.3) is 5.91 Å². The summed E-state index contributed by atoms with van der Waals surface area (Å²) < 4.78 is 7.83. The number of thioether (sulfide) groups is 1. The first-order chi connectivity index (χ1) is 14.0. The van der Waals surface area contributed by atoms with E-state index in [-0.39, 0.29) is 24.8 Å². The highest BCUT2D eigenvalue weighted by Gasteiger charge is 2.36. The monoisotopic (exact) mass is 492 g/mol. The van der Waals surface area contributed by atoms with E-state index in [2.05, 4.69) is 31.3 Å². The molecule has 0 fully saturated rings. The van der Waals surface area contributed by atoms with Crippen molar-refractivity contribution in [2.45, 2.75) is 23.4 Å². The van der Waals surface area contributed by atoms with E-state index in [9.17, 15) is 9.59 Å². The third kappa shape index (κ3) is 4.80. The Hall–Kier alpha value is -2.36. The molecule has 1 aliphatic heterocycles. The van der Waals surface area contributed by atoms with Crippen molar-refractivity contribution in [1.29, 1.82) is 0 Å². The first-order valence-corrected chi connectivity index (χ1v) is 10.6. The van der Waals surface area contributed by atoms with Gasteiger partial charge in [0.1, 0.15) is 17.6 Å². The van der Waals surface area contributed by atoms with Gasteiger partial charge in [0.2, 0.25) is 5.91 Å². The third-order valence-electron chi connectivity index (χ3n) is 4.03. The predicted octanol–water partition coefficient (Wildman–Crippen LogP) is 4.42. The van der Waals surface area contributed by atoms with E-state index >= 15 is 0 Å². The minimum absolute atomic E-state index is 0.0297. The molecule has 1 unspecified atom stereocenters. The molecule has 1 N–H and O–H groups in total. The molecule has 1 amide bonds. The number of ether oxygens (including phenoxy) is 1. The average Bonchev–Trinajstić information content (AvgIpc) is 3.22. The Kier molecular flexibility index (Phi) is 5.89. The Morgan fingerprint density at radius 1 is 1.21 bits per heavy atom. The average molecular weight is 494 g/mol. The lowest BCUT2D eigenvalue weighted by Crippen LogP contribution is -2.25. The summed E-state index contributed by atoms with van der Waals surface area (Å²) >= 11 is 10.4. The Balaban J connectivity index is 1.33. The zero-order valence-electron chi connectivity index (χ0n) is 14.8. The van der Waals surface area contributed by atoms with E-state index in [1.165, 1.54) is 16.4 Å². The van der Waals surface area contributed by atoms with Crippen molar-refractivity contribution < 1.29 is 14.3 Å². The van der Waals surface area contributed by atoms with E-state index in [0.29, 0.717) is 27.4 Å². The van der Waals surface area contributed by atoms with Crippen molar-refractivity contribution in [2.75, 3.05) is 5.32 Å². The summed E-state index contributed by atoms with van der Waals surface area (Å²) in [5, 5.41) is 7.46. The van der Waals surface area contributed by atoms with Gasteiger partial charge >= 0.3 is 0 Å². The molecule has 0 saturated carbocycles. The Morgan fingerprint density at radius 3 is 2.62 bits per heavy atom. The fourth-order valence-corrected chi connectivity index (χ4v) is 4.12. The molecule has 1 atom stereocenters. The maximum absolute atomic E-state index is 12.6. The molecule has 148 valence electrons. The highest BCUT2D eigenvalue weighted by molar-refractivity contribution is 9.10. The van der Waals surface area contributed by atoms with Crippen LogP contribution in [0, 0.1) is 0 Å². The first kappa shape index (κ1) is 19.9. The van der Waals surface area contributed by atoms with Gasteiger partial charge < -0.3 is 10.1 Å². The molecule has 29 heavy (non-hydrogen) atoms. The Morgan fingerprint density at radius 2 is 1.93 bits per heavy atom. The molecule has 3 aromatic rings. The number of benzene rings is 2. The minimum Gasteiger partial charge on any atom is -0.486 e. The maximum Gasteiger partial charge on any atom is 0.263 e. The molecule has 1 aliphatic rings. The van der Waals surface area contributed by atoms with Gasteiger partial charge in [-0.1, -0.05) is 39.3 Å². The second-order valence-electron chi connectivity index (χ2n) is 6.17. The summed E-state index contributed by atoms with van der Waals surface area (Å²) in [7, 11) is 0. The smallest absolute Gasteiger partial charge is 0.263 e. The van der Waals surface area contributed by atoms with E-state index in [4.69, 9.17) is 16.3 Å². The lowest BCUT2D eigenvalue weighted by molar-refractivity contribution is -0.116. The first-order valence-electron chi connectivity index (χ1n) is 8.58. The summed E-state index contributed by atoms with van der Waals surface area (Å²) in [6.07, 6.45) is 0.0297. The van der Waals surface area contributed by atoms with Gasteiger partial charge in [-0.2, -0.15) is 4.68 Å². The van der Waals surface area contributed by atoms with Crippen molar-refractivity contribution in [3.05, 3.63) is 63.9 Å². The standard InChI is InChI=1S/C19H14BrClN4O3S/c20-11-1-7-14(8-2-11)28-10-16-23-19-25(24-16)18(27)15(29-19)9-17(26)22-13-5-3-12(21)4-6-13/h1-8,15H,9-10H2,(H,22,26). The normalized spacial score (nSPS) is 15.2. The van der Waals surface area contributed by atoms with Crippen LogP contribution in [-0.2, 0) is 11.4 Å². The second kappa shape index (κ2) is 8.56. The number of carbonyl (C=O) groups is 2. The van der Waals surface area contributed by atoms with Crippen LogP contribution in [0.5, 0.6) is 5.75 Å². The van der Waals surface area contributed by atoms with Crippen molar-refractivity contribution in [2.24, 2.45) is 0 Å². The lowest BCUT2D eigenvalue weighted by Gasteiger charge is -2.08. The molecule has 0 radical (unpaired) electrons. The molecule has 0 saturated heterocycles. The van der Waals surface area contributed by atoms with Gasteiger partial charge in [-0.25, -0.2) is 4.98 Å². The molecule has 0 spiro atoms. The predicted molar refractivity (Wildman–Crippen MR) is 113 cm³/mol. The molecular weight excluding hydrogens is 480 g/mol. The molecule has 1 aromatic heterocycles. The van der Waals surface area contributed by atoms with Crippen LogP contribution in [0.4, 0.5) is 5.69 Å². The number of nitrogens with zero attached hydrogens (tertiary/aromatic N) is 3. The molecule has 4 rings (SSSR count). The van der Waals surface area contributed by atoms with Gasteiger partial charge in [-0.3, -0.25) is 9.59 Å². The SMILES string of the molecule is O=C(CC1Sc2nc(COc3ccc(Br)cc3)nn2C1=O)Nc1ccc(Cl)cc1.